The average Bonchev–Trinajstić information content (AvgIpc) is 3.26. The van der Waals surface area contributed by atoms with Crippen molar-refractivity contribution in [1.82, 2.24) is 26.6 Å². The maximum Gasteiger partial charge on any atom is 0.333 e. The van der Waals surface area contributed by atoms with Gasteiger partial charge in [0, 0.05) is 6.42 Å². The lowest BCUT2D eigenvalue weighted by atomic mass is 9.82. The molecule has 59 heavy (non-hydrogen) atoms. The molecule has 312 valence electrons. The van der Waals surface area contributed by atoms with Crippen molar-refractivity contribution in [3.8, 4) is 0 Å². The molecule has 3 aromatic carbocycles. The molecule has 0 heterocycles. The highest BCUT2D eigenvalue weighted by atomic mass is 16.5. The largest absolute Gasteiger partial charge is 0.459 e. The van der Waals surface area contributed by atoms with E-state index in [1.165, 1.54) is 5.56 Å². The van der Waals surface area contributed by atoms with Crippen molar-refractivity contribution in [2.75, 3.05) is 6.54 Å². The Bertz CT molecular complexity index is 1890. The number of rotatable bonds is 19. The summed E-state index contributed by atoms with van der Waals surface area (Å²) in [6.07, 6.45) is 7.19. The summed E-state index contributed by atoms with van der Waals surface area (Å²) in [6, 6.07) is 19.3. The van der Waals surface area contributed by atoms with Crippen molar-refractivity contribution in [2.24, 2.45) is 5.92 Å². The Hall–Kier alpha value is -5.50. The average molecular weight is 806 g/mol. The molecule has 0 spiro atoms. The molecule has 3 aromatic rings. The van der Waals surface area contributed by atoms with Crippen LogP contribution in [0.15, 0.2) is 78.9 Å². The van der Waals surface area contributed by atoms with Gasteiger partial charge in [-0.2, -0.15) is 0 Å². The van der Waals surface area contributed by atoms with E-state index in [9.17, 15) is 33.9 Å². The summed E-state index contributed by atoms with van der Waals surface area (Å²) in [4.78, 5) is 79.9. The number of benzene rings is 3. The number of hydrogen-bond acceptors (Lipinski definition) is 8. The molecule has 0 bridgehead atoms. The van der Waals surface area contributed by atoms with E-state index in [2.05, 4.69) is 32.7 Å². The SMILES string of the molecule is [B]C(=O)N[C@H](C(=O)N[C@@H](Cc1cccc2c1CCCC2)C(=O)NC(CCC)C(O)C(=O)NCC(=O)N[C@H](C(=O)OCc1ccccc1)c1ccccc1)C1CCCCC1. The van der Waals surface area contributed by atoms with E-state index < -0.39 is 72.2 Å². The van der Waals surface area contributed by atoms with Crippen LogP contribution >= 0.6 is 0 Å². The maximum atomic E-state index is 14.2. The third-order valence-electron chi connectivity index (χ3n) is 11.1. The summed E-state index contributed by atoms with van der Waals surface area (Å²) in [7, 11) is 5.51. The highest BCUT2D eigenvalue weighted by Gasteiger charge is 2.35. The van der Waals surface area contributed by atoms with Crippen molar-refractivity contribution < 1.29 is 38.6 Å². The van der Waals surface area contributed by atoms with Crippen LogP contribution in [0.4, 0.5) is 4.79 Å². The molecule has 0 aliphatic heterocycles. The molecule has 5 amide bonds. The molecule has 1 saturated carbocycles. The summed E-state index contributed by atoms with van der Waals surface area (Å²) in [5, 5.41) is 24.6. The number of carbonyl (C=O) groups is 6. The Morgan fingerprint density at radius 3 is 2.15 bits per heavy atom. The van der Waals surface area contributed by atoms with Gasteiger partial charge in [-0.15, -0.1) is 0 Å². The maximum absolute atomic E-state index is 14.2. The van der Waals surface area contributed by atoms with Gasteiger partial charge in [0.25, 0.3) is 5.91 Å². The molecule has 5 atom stereocenters. The van der Waals surface area contributed by atoms with Crippen LogP contribution in [0.2, 0.25) is 0 Å². The first-order valence-electron chi connectivity index (χ1n) is 20.8. The highest BCUT2D eigenvalue weighted by Crippen LogP contribution is 2.28. The lowest BCUT2D eigenvalue weighted by molar-refractivity contribution is -0.149. The summed E-state index contributed by atoms with van der Waals surface area (Å²) >= 11 is 0. The van der Waals surface area contributed by atoms with Crippen LogP contribution in [0, 0.1) is 5.92 Å². The van der Waals surface area contributed by atoms with Crippen molar-refractivity contribution >= 4 is 43.3 Å². The first-order valence-corrected chi connectivity index (χ1v) is 20.8. The number of amides is 5. The predicted molar refractivity (Wildman–Crippen MR) is 223 cm³/mol. The Kier molecular flexibility index (Phi) is 17.1. The van der Waals surface area contributed by atoms with Crippen molar-refractivity contribution in [1.29, 1.82) is 0 Å². The fourth-order valence-electron chi connectivity index (χ4n) is 8.07. The number of aliphatic hydroxyl groups excluding tert-OH is 1. The zero-order valence-electron chi connectivity index (χ0n) is 33.8. The number of fused-ring (bicyclic) bond motifs is 1. The Labute approximate surface area is 347 Å². The molecule has 0 saturated heterocycles. The highest BCUT2D eigenvalue weighted by molar-refractivity contribution is 6.57. The molecular weight excluding hydrogens is 749 g/mol. The van der Waals surface area contributed by atoms with Gasteiger partial charge in [0.2, 0.25) is 25.6 Å². The molecule has 2 radical (unpaired) electrons. The first kappa shape index (κ1) is 44.6. The van der Waals surface area contributed by atoms with E-state index in [4.69, 9.17) is 12.6 Å². The van der Waals surface area contributed by atoms with Gasteiger partial charge in [0.05, 0.1) is 12.6 Å². The number of nitrogens with one attached hydrogen (secondary N) is 5. The molecule has 0 aromatic heterocycles. The van der Waals surface area contributed by atoms with E-state index in [0.29, 0.717) is 12.0 Å². The summed E-state index contributed by atoms with van der Waals surface area (Å²) in [5.41, 5.74) is 4.50. The van der Waals surface area contributed by atoms with Crippen molar-refractivity contribution in [3.63, 3.8) is 0 Å². The van der Waals surface area contributed by atoms with Gasteiger partial charge in [0.15, 0.2) is 18.0 Å². The van der Waals surface area contributed by atoms with Gasteiger partial charge in [-0.05, 0) is 78.7 Å². The normalized spacial score (nSPS) is 16.4. The van der Waals surface area contributed by atoms with Crippen LogP contribution in [0.5, 0.6) is 0 Å². The third-order valence-corrected chi connectivity index (χ3v) is 11.1. The van der Waals surface area contributed by atoms with Crippen LogP contribution in [0.3, 0.4) is 0 Å². The molecular formula is C45H56BN5O8. The smallest absolute Gasteiger partial charge is 0.333 e. The van der Waals surface area contributed by atoms with E-state index in [1.807, 2.05) is 49.4 Å². The zero-order chi connectivity index (χ0) is 42.1. The van der Waals surface area contributed by atoms with E-state index >= 15 is 0 Å². The topological polar surface area (TPSA) is 192 Å². The molecule has 14 heteroatoms. The number of aryl methyl sites for hydroxylation is 1. The molecule has 5 rings (SSSR count). The van der Waals surface area contributed by atoms with Gasteiger partial charge < -0.3 is 36.4 Å². The molecule has 2 aliphatic rings. The molecule has 2 aliphatic carbocycles. The molecule has 6 N–H and O–H groups in total. The van der Waals surface area contributed by atoms with Crippen molar-refractivity contribution in [3.05, 3.63) is 107 Å². The lowest BCUT2D eigenvalue weighted by Gasteiger charge is -2.32. The summed E-state index contributed by atoms with van der Waals surface area (Å²) in [5.74, 6) is -4.45. The van der Waals surface area contributed by atoms with Gasteiger partial charge >= 0.3 is 5.97 Å². The second-order valence-electron chi connectivity index (χ2n) is 15.5. The lowest BCUT2D eigenvalue weighted by Crippen LogP contribution is -2.59. The van der Waals surface area contributed by atoms with E-state index in [0.717, 1.165) is 74.5 Å². The number of carbonyl (C=O) groups excluding carboxylic acids is 6. The van der Waals surface area contributed by atoms with E-state index in [-0.39, 0.29) is 25.4 Å². The fraction of sp³-hybridized carbons (Fsp3) is 0.467. The summed E-state index contributed by atoms with van der Waals surface area (Å²) in [6.45, 7) is 1.25. The van der Waals surface area contributed by atoms with Gasteiger partial charge in [-0.25, -0.2) is 4.79 Å². The quantitative estimate of drug-likeness (QED) is 0.0779. The number of esters is 1. The van der Waals surface area contributed by atoms with Crippen LogP contribution in [-0.2, 0) is 54.6 Å². The third kappa shape index (κ3) is 13.3. The second kappa shape index (κ2) is 22.6. The zero-order valence-corrected chi connectivity index (χ0v) is 33.8. The van der Waals surface area contributed by atoms with E-state index in [1.54, 1.807) is 30.3 Å². The van der Waals surface area contributed by atoms with Crippen LogP contribution < -0.4 is 26.6 Å². The Morgan fingerprint density at radius 2 is 1.46 bits per heavy atom. The standard InChI is InChI=1S/C45H56BN5O8/c1-2-15-35(40(53)43(56)47-27-37(52)50-39(32-21-10-5-11-22-32)44(57)59-28-29-16-6-3-7-17-29)48-41(54)36(26-33-24-14-23-30-18-12-13-25-34(30)33)49-42(55)38(51-45(46)58)31-19-8-4-9-20-31/h3,5-7,10-11,14,16-17,21-24,31,35-36,38-40,53H,2,4,8-9,12-13,15,18-20,25-28H2,1H3,(H,47,56)(H,48,54)(H,49,55)(H,50,52)(H,51,58)/t35?,36-,38-,39-,40?/m0/s1. The van der Waals surface area contributed by atoms with Crippen LogP contribution in [-0.4, -0.2) is 79.1 Å². The van der Waals surface area contributed by atoms with Crippen molar-refractivity contribution in [2.45, 2.75) is 121 Å². The predicted octanol–water partition coefficient (Wildman–Crippen LogP) is 3.78. The monoisotopic (exact) mass is 805 g/mol. The molecule has 13 nitrogen and oxygen atoms in total. The number of hydrogen-bond donors (Lipinski definition) is 6. The Morgan fingerprint density at radius 1 is 0.763 bits per heavy atom. The minimum atomic E-state index is -1.76. The molecule has 2 unspecified atom stereocenters. The van der Waals surface area contributed by atoms with Gasteiger partial charge in [-0.1, -0.05) is 111 Å². The minimum Gasteiger partial charge on any atom is -0.459 e. The number of aliphatic hydroxyl groups is 1. The Balaban J connectivity index is 1.26. The summed E-state index contributed by atoms with van der Waals surface area (Å²) < 4.78 is 5.50. The second-order valence-corrected chi connectivity index (χ2v) is 15.5. The van der Waals surface area contributed by atoms with Gasteiger partial charge in [0.1, 0.15) is 18.7 Å². The molecule has 1 fully saturated rings. The minimum absolute atomic E-state index is 0.00417. The van der Waals surface area contributed by atoms with Gasteiger partial charge in [-0.3, -0.25) is 24.0 Å². The van der Waals surface area contributed by atoms with Crippen LogP contribution in [0.25, 0.3) is 0 Å². The fourth-order valence-corrected chi connectivity index (χ4v) is 8.07. The number of ether oxygens (including phenoxy) is 1. The van der Waals surface area contributed by atoms with Crippen LogP contribution in [0.1, 0.15) is 98.6 Å². The first-order chi connectivity index (χ1) is 28.5.